The van der Waals surface area contributed by atoms with E-state index in [9.17, 15) is 27.6 Å². The molecule has 1 fully saturated rings. The molecule has 0 unspecified atom stereocenters. The molecule has 2 aromatic rings. The first-order chi connectivity index (χ1) is 14.6. The van der Waals surface area contributed by atoms with E-state index in [1.54, 1.807) is 19.3 Å². The van der Waals surface area contributed by atoms with E-state index >= 15 is 0 Å². The zero-order chi connectivity index (χ0) is 22.3. The van der Waals surface area contributed by atoms with Gasteiger partial charge < -0.3 is 14.8 Å². The molecule has 1 N–H and O–H groups in total. The van der Waals surface area contributed by atoms with Gasteiger partial charge in [0.15, 0.2) is 17.4 Å². The molecule has 12 heteroatoms. The van der Waals surface area contributed by atoms with Crippen LogP contribution in [0.4, 0.5) is 35.2 Å². The molecule has 4 heterocycles. The summed E-state index contributed by atoms with van der Waals surface area (Å²) in [6.07, 6.45) is -2.98. The Morgan fingerprint density at radius 1 is 1.32 bits per heavy atom. The van der Waals surface area contributed by atoms with Crippen molar-refractivity contribution in [2.45, 2.75) is 31.5 Å². The molecule has 1 atom stereocenters. The molecule has 0 aromatic carbocycles. The van der Waals surface area contributed by atoms with Crippen LogP contribution in [0.1, 0.15) is 29.9 Å². The predicted octanol–water partition coefficient (Wildman–Crippen LogP) is 2.33. The summed E-state index contributed by atoms with van der Waals surface area (Å²) >= 11 is 0. The molecule has 1 saturated heterocycles. The fraction of sp³-hybridized carbons (Fsp3) is 0.421. The molecule has 0 saturated carbocycles. The molecule has 0 spiro atoms. The van der Waals surface area contributed by atoms with E-state index in [0.717, 1.165) is 0 Å². The van der Waals surface area contributed by atoms with Crippen molar-refractivity contribution in [3.05, 3.63) is 40.7 Å². The van der Waals surface area contributed by atoms with Gasteiger partial charge in [0.1, 0.15) is 5.69 Å². The van der Waals surface area contributed by atoms with E-state index in [1.165, 1.54) is 21.7 Å². The van der Waals surface area contributed by atoms with Gasteiger partial charge in [-0.3, -0.25) is 14.5 Å². The van der Waals surface area contributed by atoms with Gasteiger partial charge in [-0.25, -0.2) is 14.8 Å². The van der Waals surface area contributed by atoms with Gasteiger partial charge in [-0.15, -0.1) is 0 Å². The lowest BCUT2D eigenvalue weighted by Gasteiger charge is -2.35. The summed E-state index contributed by atoms with van der Waals surface area (Å²) in [5, 5.41) is 2.58. The summed E-state index contributed by atoms with van der Waals surface area (Å²) in [7, 11) is 1.55. The molecule has 164 valence electrons. The number of carbonyl (C=O) groups is 2. The number of fused-ring (bicyclic) bond motifs is 4. The lowest BCUT2D eigenvalue weighted by molar-refractivity contribution is -0.133. The summed E-state index contributed by atoms with van der Waals surface area (Å²) < 4.78 is 38.7. The first-order valence-electron chi connectivity index (χ1n) is 9.62. The van der Waals surface area contributed by atoms with Crippen molar-refractivity contribution in [3.8, 4) is 0 Å². The average Bonchev–Trinajstić information content (AvgIpc) is 3.13. The van der Waals surface area contributed by atoms with Gasteiger partial charge in [0.2, 0.25) is 0 Å². The van der Waals surface area contributed by atoms with Crippen LogP contribution in [0, 0.1) is 0 Å². The van der Waals surface area contributed by atoms with E-state index < -0.39 is 36.4 Å². The molecule has 2 aliphatic rings. The van der Waals surface area contributed by atoms with Gasteiger partial charge >= 0.3 is 12.2 Å². The first kappa shape index (κ1) is 20.8. The third kappa shape index (κ3) is 4.09. The Balaban J connectivity index is 1.64. The molecule has 2 bridgehead atoms. The fourth-order valence-electron chi connectivity index (χ4n) is 3.74. The summed E-state index contributed by atoms with van der Waals surface area (Å²) in [6.45, 7) is 1.16. The Morgan fingerprint density at radius 3 is 2.84 bits per heavy atom. The normalized spacial score (nSPS) is 17.5. The van der Waals surface area contributed by atoms with Crippen LogP contribution in [0.3, 0.4) is 0 Å². The quantitative estimate of drug-likeness (QED) is 0.739. The number of urea groups is 1. The number of alkyl halides is 3. The van der Waals surface area contributed by atoms with Gasteiger partial charge in [0, 0.05) is 32.8 Å². The Hall–Kier alpha value is -3.44. The van der Waals surface area contributed by atoms with Crippen LogP contribution in [0.15, 0.2) is 29.3 Å². The van der Waals surface area contributed by atoms with Crippen molar-refractivity contribution in [1.29, 1.82) is 0 Å². The summed E-state index contributed by atoms with van der Waals surface area (Å²) in [6, 6.07) is 2.22. The molecule has 9 nitrogen and oxygen atoms in total. The predicted molar refractivity (Wildman–Crippen MR) is 105 cm³/mol. The molecule has 2 aromatic heterocycles. The number of aryl methyl sites for hydroxylation is 1. The Labute approximate surface area is 174 Å². The van der Waals surface area contributed by atoms with Crippen LogP contribution >= 0.6 is 0 Å². The number of Topliss-reactive ketones (excluding diaryl/α,β-unsaturated/α-hetero) is 1. The lowest BCUT2D eigenvalue weighted by Crippen LogP contribution is -2.49. The number of aromatic nitrogens is 3. The van der Waals surface area contributed by atoms with Crippen LogP contribution in [-0.2, 0) is 7.05 Å². The van der Waals surface area contributed by atoms with E-state index in [2.05, 4.69) is 15.3 Å². The summed E-state index contributed by atoms with van der Waals surface area (Å²) in [4.78, 5) is 48.9. The van der Waals surface area contributed by atoms with E-state index in [1.807, 2.05) is 4.90 Å². The first-order valence-corrected chi connectivity index (χ1v) is 9.62. The number of ketones is 1. The van der Waals surface area contributed by atoms with Crippen LogP contribution in [0.2, 0.25) is 0 Å². The molecule has 0 radical (unpaired) electrons. The number of hydrogen-bond acceptors (Lipinski definition) is 6. The minimum absolute atomic E-state index is 0.0764. The second-order valence-corrected chi connectivity index (χ2v) is 7.47. The lowest BCUT2D eigenvalue weighted by atomic mass is 10.2. The van der Waals surface area contributed by atoms with Gasteiger partial charge in [-0.05, 0) is 18.6 Å². The maximum absolute atomic E-state index is 13.1. The second-order valence-electron chi connectivity index (χ2n) is 7.47. The van der Waals surface area contributed by atoms with Crippen molar-refractivity contribution in [2.75, 3.05) is 28.2 Å². The maximum atomic E-state index is 13.1. The number of nitrogens with one attached hydrogen (secondary N) is 1. The van der Waals surface area contributed by atoms with Crippen molar-refractivity contribution >= 4 is 29.0 Å². The number of nitrogens with zero attached hydrogens (tertiary/aromatic N) is 5. The van der Waals surface area contributed by atoms with E-state index in [0.29, 0.717) is 25.2 Å². The van der Waals surface area contributed by atoms with Gasteiger partial charge in [0.25, 0.3) is 5.56 Å². The number of rotatable bonds is 4. The molecular formula is C19H19F3N6O3. The van der Waals surface area contributed by atoms with Gasteiger partial charge in [-0.2, -0.15) is 13.2 Å². The third-order valence-corrected chi connectivity index (χ3v) is 5.32. The zero-order valence-corrected chi connectivity index (χ0v) is 16.5. The highest BCUT2D eigenvalue weighted by Crippen LogP contribution is 2.38. The topological polar surface area (TPSA) is 100 Å². The van der Waals surface area contributed by atoms with E-state index in [-0.39, 0.29) is 23.4 Å². The van der Waals surface area contributed by atoms with Crippen molar-refractivity contribution in [1.82, 2.24) is 14.5 Å². The van der Waals surface area contributed by atoms with Crippen molar-refractivity contribution < 1.29 is 22.8 Å². The maximum Gasteiger partial charge on any atom is 0.389 e. The van der Waals surface area contributed by atoms with Gasteiger partial charge in [-0.1, -0.05) is 0 Å². The summed E-state index contributed by atoms with van der Waals surface area (Å²) in [5.74, 6) is -1.09. The molecule has 2 aliphatic heterocycles. The standard InChI is InChI=1S/C19H19F3N6O3/c1-26-7-2-3-12(17(26)30)24-18(31)28-11-5-8-27(10-11)13-9-23-15(25-16(13)28)14(29)4-6-19(20,21)22/h2-3,7,9,11H,4-6,8,10H2,1H3,(H,24,31)/t11-/m0/s1. The highest BCUT2D eigenvalue weighted by Gasteiger charge is 2.41. The molecule has 2 amide bonds. The van der Waals surface area contributed by atoms with Crippen molar-refractivity contribution in [2.24, 2.45) is 7.05 Å². The minimum atomic E-state index is -4.47. The zero-order valence-electron chi connectivity index (χ0n) is 16.5. The van der Waals surface area contributed by atoms with E-state index in [4.69, 9.17) is 0 Å². The monoisotopic (exact) mass is 436 g/mol. The largest absolute Gasteiger partial charge is 0.389 e. The summed E-state index contributed by atoms with van der Waals surface area (Å²) in [5.41, 5.74) is 0.191. The molecule has 4 rings (SSSR count). The van der Waals surface area contributed by atoms with Crippen LogP contribution in [0.25, 0.3) is 0 Å². The Kier molecular flexibility index (Phi) is 5.15. The minimum Gasteiger partial charge on any atom is -0.365 e. The second kappa shape index (κ2) is 7.67. The van der Waals surface area contributed by atoms with Gasteiger partial charge in [0.05, 0.1) is 24.3 Å². The number of pyridine rings is 1. The molecule has 31 heavy (non-hydrogen) atoms. The highest BCUT2D eigenvalue weighted by atomic mass is 19.4. The highest BCUT2D eigenvalue weighted by molar-refractivity contribution is 6.05. The number of carbonyl (C=O) groups excluding carboxylic acids is 2. The average molecular weight is 436 g/mol. The number of hydrogen-bond donors (Lipinski definition) is 1. The number of amides is 2. The molecular weight excluding hydrogens is 417 g/mol. The van der Waals surface area contributed by atoms with Crippen LogP contribution in [0.5, 0.6) is 0 Å². The molecule has 0 aliphatic carbocycles. The fourth-order valence-corrected chi connectivity index (χ4v) is 3.74. The Bertz CT molecular complexity index is 1100. The third-order valence-electron chi connectivity index (χ3n) is 5.32. The number of anilines is 3. The van der Waals surface area contributed by atoms with Crippen LogP contribution < -0.4 is 20.7 Å². The number of halogens is 3. The van der Waals surface area contributed by atoms with Crippen LogP contribution in [-0.4, -0.2) is 51.7 Å². The Morgan fingerprint density at radius 2 is 2.10 bits per heavy atom. The smallest absolute Gasteiger partial charge is 0.365 e. The SMILES string of the molecule is Cn1cccc(NC(=O)N2c3nc(C(=O)CCC(F)(F)F)ncc3N3CC[C@H]2C3)c1=O. The van der Waals surface area contributed by atoms with Crippen molar-refractivity contribution in [3.63, 3.8) is 0 Å².